The van der Waals surface area contributed by atoms with E-state index in [4.69, 9.17) is 9.47 Å². The van der Waals surface area contributed by atoms with Gasteiger partial charge in [-0.3, -0.25) is 0 Å². The molecule has 0 saturated heterocycles. The maximum Gasteiger partial charge on any atom is 0.340 e. The first kappa shape index (κ1) is 33.8. The first-order chi connectivity index (χ1) is 21.8. The van der Waals surface area contributed by atoms with Crippen LogP contribution in [-0.4, -0.2) is 25.8 Å². The van der Waals surface area contributed by atoms with Crippen LogP contribution in [0.2, 0.25) is 0 Å². The lowest BCUT2D eigenvalue weighted by Crippen LogP contribution is -2.34. The number of hydrogen-bond donors (Lipinski definition) is 2. The van der Waals surface area contributed by atoms with Gasteiger partial charge in [-0.2, -0.15) is 0 Å². The Labute approximate surface area is 285 Å². The van der Waals surface area contributed by atoms with Crippen molar-refractivity contribution in [2.45, 2.75) is 118 Å². The fourth-order valence-electron chi connectivity index (χ4n) is 6.93. The molecule has 45 heavy (non-hydrogen) atoms. The first-order valence-electron chi connectivity index (χ1n) is 16.8. The van der Waals surface area contributed by atoms with Crippen LogP contribution in [0.1, 0.15) is 129 Å². The number of hydrogen-bond acceptors (Lipinski definition) is 5. The van der Waals surface area contributed by atoms with Gasteiger partial charge in [-0.15, -0.1) is 0 Å². The van der Waals surface area contributed by atoms with Crippen molar-refractivity contribution in [2.75, 3.05) is 0 Å². The Bertz CT molecular complexity index is 1460. The zero-order valence-electron chi connectivity index (χ0n) is 26.3. The number of benzene rings is 3. The summed E-state index contributed by atoms with van der Waals surface area (Å²) in [5, 5.41) is 21.0. The third kappa shape index (κ3) is 7.73. The largest absolute Gasteiger partial charge is 0.508 e. The maximum atomic E-state index is 13.2. The lowest BCUT2D eigenvalue weighted by molar-refractivity contribution is 0.0221. The summed E-state index contributed by atoms with van der Waals surface area (Å²) >= 11 is 7.88. The Morgan fingerprint density at radius 3 is 2.04 bits per heavy atom. The standard InChI is InChI=1S/C38H46Br2O5/c1-2-3-4-5-6-7-8-9-10-11-12-19-32(39)33(40)20-15-16-26-23-28(42)25-35-36(26)38(31-22-21-27(41)24-34(31)44-35)30-18-14-13-17-29(30)37(43)45-38/h13-14,17-18,21-25,32-33,41-42H,2-12,15-16,19-20H2,1H3. The SMILES string of the molecule is CCCCCCCCCCCCCC(Br)C(Br)CCCc1cc(O)cc2c1C1(OC(=O)c3ccccc31)c1ccc(O)cc1O2. The number of esters is 1. The summed E-state index contributed by atoms with van der Waals surface area (Å²) < 4.78 is 12.6. The number of carbonyl (C=O) groups is 1. The molecule has 0 fully saturated rings. The van der Waals surface area contributed by atoms with Crippen LogP contribution in [0, 0.1) is 0 Å². The number of carbonyl (C=O) groups excluding carboxylic acids is 1. The third-order valence-corrected chi connectivity index (χ3v) is 12.2. The Morgan fingerprint density at radius 1 is 0.711 bits per heavy atom. The van der Waals surface area contributed by atoms with E-state index in [9.17, 15) is 15.0 Å². The minimum absolute atomic E-state index is 0.0474. The third-order valence-electron chi connectivity index (χ3n) is 9.26. The zero-order valence-corrected chi connectivity index (χ0v) is 29.5. The highest BCUT2D eigenvalue weighted by Crippen LogP contribution is 2.58. The molecule has 0 aromatic heterocycles. The van der Waals surface area contributed by atoms with Crippen LogP contribution in [0.4, 0.5) is 0 Å². The number of fused-ring (bicyclic) bond motifs is 6. The van der Waals surface area contributed by atoms with E-state index in [0.29, 0.717) is 38.7 Å². The number of alkyl halides is 2. The zero-order chi connectivity index (χ0) is 31.8. The van der Waals surface area contributed by atoms with E-state index in [1.807, 2.05) is 18.2 Å². The van der Waals surface area contributed by atoms with Gasteiger partial charge in [-0.05, 0) is 55.5 Å². The van der Waals surface area contributed by atoms with Crippen LogP contribution in [0.5, 0.6) is 23.0 Å². The normalized spacial score (nSPS) is 17.7. The number of halogens is 2. The van der Waals surface area contributed by atoms with E-state index < -0.39 is 11.6 Å². The van der Waals surface area contributed by atoms with Gasteiger partial charge >= 0.3 is 5.97 Å². The molecular formula is C38H46Br2O5. The summed E-state index contributed by atoms with van der Waals surface area (Å²) in [6, 6.07) is 15.6. The van der Waals surface area contributed by atoms with Crippen LogP contribution in [0.3, 0.4) is 0 Å². The molecule has 0 bridgehead atoms. The first-order valence-corrected chi connectivity index (χ1v) is 18.7. The van der Waals surface area contributed by atoms with Crippen molar-refractivity contribution in [3.63, 3.8) is 0 Å². The minimum atomic E-state index is -1.23. The summed E-state index contributed by atoms with van der Waals surface area (Å²) in [6.07, 6.45) is 18.5. The van der Waals surface area contributed by atoms with Crippen molar-refractivity contribution in [3.05, 3.63) is 82.4 Å². The average molecular weight is 743 g/mol. The molecule has 2 heterocycles. The van der Waals surface area contributed by atoms with Crippen LogP contribution in [-0.2, 0) is 16.8 Å². The lowest BCUT2D eigenvalue weighted by atomic mass is 9.75. The quantitative estimate of drug-likeness (QED) is 0.0818. The number of ether oxygens (including phenoxy) is 2. The molecule has 3 unspecified atom stereocenters. The Morgan fingerprint density at radius 2 is 1.33 bits per heavy atom. The van der Waals surface area contributed by atoms with E-state index in [2.05, 4.69) is 38.8 Å². The topological polar surface area (TPSA) is 76.0 Å². The molecule has 242 valence electrons. The fourth-order valence-corrected chi connectivity index (χ4v) is 8.11. The highest BCUT2D eigenvalue weighted by Gasteiger charge is 2.54. The summed E-state index contributed by atoms with van der Waals surface area (Å²) in [5.74, 6) is 0.560. The van der Waals surface area contributed by atoms with Gasteiger partial charge in [-0.1, -0.05) is 128 Å². The number of aromatic hydroxyl groups is 2. The van der Waals surface area contributed by atoms with E-state index in [1.54, 1.807) is 30.3 Å². The Balaban J connectivity index is 1.21. The van der Waals surface area contributed by atoms with Gasteiger partial charge < -0.3 is 19.7 Å². The van der Waals surface area contributed by atoms with Crippen molar-refractivity contribution in [3.8, 4) is 23.0 Å². The molecule has 3 atom stereocenters. The van der Waals surface area contributed by atoms with E-state index in [0.717, 1.165) is 36.0 Å². The molecule has 1 spiro atoms. The number of unbranched alkanes of at least 4 members (excludes halogenated alkanes) is 10. The van der Waals surface area contributed by atoms with Crippen molar-refractivity contribution >= 4 is 37.8 Å². The Kier molecular flexibility index (Phi) is 11.9. The molecule has 2 aliphatic heterocycles. The smallest absolute Gasteiger partial charge is 0.340 e. The summed E-state index contributed by atoms with van der Waals surface area (Å²) in [4.78, 5) is 13.9. The monoisotopic (exact) mass is 740 g/mol. The minimum Gasteiger partial charge on any atom is -0.508 e. The predicted molar refractivity (Wildman–Crippen MR) is 187 cm³/mol. The highest BCUT2D eigenvalue weighted by molar-refractivity contribution is 9.12. The van der Waals surface area contributed by atoms with Gasteiger partial charge in [0.15, 0.2) is 5.60 Å². The molecule has 5 nitrogen and oxygen atoms in total. The highest BCUT2D eigenvalue weighted by atomic mass is 79.9. The Hall–Kier alpha value is -2.51. The molecule has 0 saturated carbocycles. The molecule has 3 aromatic carbocycles. The summed E-state index contributed by atoms with van der Waals surface area (Å²) in [5.41, 5.74) is 2.29. The van der Waals surface area contributed by atoms with Crippen LogP contribution in [0.15, 0.2) is 54.6 Å². The number of phenols is 2. The second kappa shape index (κ2) is 15.9. The summed E-state index contributed by atoms with van der Waals surface area (Å²) in [6.45, 7) is 2.27. The molecule has 5 rings (SSSR count). The van der Waals surface area contributed by atoms with Gasteiger partial charge in [0.1, 0.15) is 23.0 Å². The van der Waals surface area contributed by atoms with Crippen molar-refractivity contribution < 1.29 is 24.5 Å². The van der Waals surface area contributed by atoms with E-state index >= 15 is 0 Å². The van der Waals surface area contributed by atoms with Crippen molar-refractivity contribution in [2.24, 2.45) is 0 Å². The van der Waals surface area contributed by atoms with E-state index in [-0.39, 0.29) is 11.5 Å². The summed E-state index contributed by atoms with van der Waals surface area (Å²) in [7, 11) is 0. The molecule has 7 heteroatoms. The molecule has 0 aliphatic carbocycles. The molecule has 2 aliphatic rings. The predicted octanol–water partition coefficient (Wildman–Crippen LogP) is 11.2. The average Bonchev–Trinajstić information content (AvgIpc) is 3.31. The number of phenolic OH excluding ortho intramolecular Hbond substituents is 2. The van der Waals surface area contributed by atoms with Crippen LogP contribution in [0.25, 0.3) is 0 Å². The number of rotatable bonds is 17. The van der Waals surface area contributed by atoms with Crippen molar-refractivity contribution in [1.82, 2.24) is 0 Å². The van der Waals surface area contributed by atoms with Gasteiger partial charge in [0, 0.05) is 32.9 Å². The van der Waals surface area contributed by atoms with Gasteiger partial charge in [0.2, 0.25) is 0 Å². The molecular weight excluding hydrogens is 696 g/mol. The van der Waals surface area contributed by atoms with Gasteiger partial charge in [0.25, 0.3) is 0 Å². The molecule has 0 amide bonds. The lowest BCUT2D eigenvalue weighted by Gasteiger charge is -2.38. The molecule has 2 N–H and O–H groups in total. The maximum absolute atomic E-state index is 13.2. The molecule has 3 aromatic rings. The van der Waals surface area contributed by atoms with Crippen molar-refractivity contribution in [1.29, 1.82) is 0 Å². The van der Waals surface area contributed by atoms with Crippen LogP contribution >= 0.6 is 31.9 Å². The molecule has 0 radical (unpaired) electrons. The second-order valence-electron chi connectivity index (χ2n) is 12.6. The second-order valence-corrected chi connectivity index (χ2v) is 15.0. The van der Waals surface area contributed by atoms with Gasteiger partial charge in [0.05, 0.1) is 11.1 Å². The number of aryl methyl sites for hydroxylation is 1. The van der Waals surface area contributed by atoms with E-state index in [1.165, 1.54) is 76.7 Å². The van der Waals surface area contributed by atoms with Crippen LogP contribution < -0.4 is 4.74 Å². The van der Waals surface area contributed by atoms with Gasteiger partial charge in [-0.25, -0.2) is 4.79 Å². The fraction of sp³-hybridized carbons (Fsp3) is 0.500.